The van der Waals surface area contributed by atoms with Crippen LogP contribution in [0.25, 0.3) is 6.08 Å². The summed E-state index contributed by atoms with van der Waals surface area (Å²) < 4.78 is 5.29. The van der Waals surface area contributed by atoms with E-state index in [0.29, 0.717) is 0 Å². The predicted octanol–water partition coefficient (Wildman–Crippen LogP) is 0.587. The van der Waals surface area contributed by atoms with Crippen LogP contribution in [0.15, 0.2) is 28.9 Å². The van der Waals surface area contributed by atoms with E-state index in [1.165, 1.54) is 5.57 Å². The molecule has 1 aliphatic heterocycles. The van der Waals surface area contributed by atoms with Crippen LogP contribution in [0, 0.1) is 0 Å². The largest absolute Gasteiger partial charge is 0.494 e. The van der Waals surface area contributed by atoms with Gasteiger partial charge in [0.1, 0.15) is 19.0 Å². The van der Waals surface area contributed by atoms with E-state index in [2.05, 4.69) is 18.0 Å². The van der Waals surface area contributed by atoms with Crippen molar-refractivity contribution in [2.24, 2.45) is 4.99 Å². The zero-order valence-electron chi connectivity index (χ0n) is 9.66. The molecule has 0 saturated heterocycles. The summed E-state index contributed by atoms with van der Waals surface area (Å²) in [6.07, 6.45) is 5.96. The van der Waals surface area contributed by atoms with Gasteiger partial charge >= 0.3 is 0 Å². The Morgan fingerprint density at radius 1 is 1.44 bits per heavy atom. The topological polar surface area (TPSA) is 21.6 Å². The molecule has 1 aromatic rings. The van der Waals surface area contributed by atoms with E-state index >= 15 is 0 Å². The van der Waals surface area contributed by atoms with E-state index in [4.69, 9.17) is 12.6 Å². The molecule has 0 unspecified atom stereocenters. The summed E-state index contributed by atoms with van der Waals surface area (Å²) >= 11 is 0. The number of allylic oxidation sites excluding steroid dienone is 1. The van der Waals surface area contributed by atoms with Crippen molar-refractivity contribution in [3.8, 4) is 5.75 Å². The van der Waals surface area contributed by atoms with Gasteiger partial charge in [0.2, 0.25) is 0 Å². The monoisotopic (exact) mass is 211 g/mol. The van der Waals surface area contributed by atoms with Gasteiger partial charge in [-0.25, -0.2) is 0 Å². The summed E-state index contributed by atoms with van der Waals surface area (Å²) in [5.74, 6) is 0.772. The van der Waals surface area contributed by atoms with Crippen molar-refractivity contribution in [3.63, 3.8) is 0 Å². The quantitative estimate of drug-likeness (QED) is 0.656. The van der Waals surface area contributed by atoms with E-state index in [9.17, 15) is 0 Å². The van der Waals surface area contributed by atoms with Crippen LogP contribution in [-0.4, -0.2) is 15.0 Å². The highest BCUT2D eigenvalue weighted by Gasteiger charge is 2.03. The molecule has 1 aromatic carbocycles. The molecular formula is C13H14BNO. The van der Waals surface area contributed by atoms with Crippen LogP contribution in [0.3, 0.4) is 0 Å². The lowest BCUT2D eigenvalue weighted by molar-refractivity contribution is 0.409. The minimum Gasteiger partial charge on any atom is -0.494 e. The van der Waals surface area contributed by atoms with Crippen molar-refractivity contribution in [3.05, 3.63) is 34.5 Å². The molecule has 0 N–H and O–H groups in total. The Bertz CT molecular complexity index is 546. The fourth-order valence-corrected chi connectivity index (χ4v) is 1.79. The smallest absolute Gasteiger partial charge is 0.145 e. The van der Waals surface area contributed by atoms with Gasteiger partial charge in [-0.15, -0.1) is 0 Å². The molecule has 0 aromatic heterocycles. The second-order valence-corrected chi connectivity index (χ2v) is 3.80. The van der Waals surface area contributed by atoms with E-state index in [1.807, 2.05) is 18.3 Å². The molecule has 2 radical (unpaired) electrons. The Hall–Kier alpha value is -1.51. The van der Waals surface area contributed by atoms with E-state index in [-0.39, 0.29) is 0 Å². The lowest BCUT2D eigenvalue weighted by atomic mass is 9.92. The maximum Gasteiger partial charge on any atom is 0.145 e. The first-order valence-corrected chi connectivity index (χ1v) is 5.44. The predicted molar refractivity (Wildman–Crippen MR) is 66.6 cm³/mol. The zero-order chi connectivity index (χ0) is 11.5. The number of hydrogen-bond acceptors (Lipinski definition) is 2. The second kappa shape index (κ2) is 4.56. The average Bonchev–Trinajstić information content (AvgIpc) is 2.53. The summed E-state index contributed by atoms with van der Waals surface area (Å²) in [6, 6.07) is 3.72. The zero-order valence-corrected chi connectivity index (χ0v) is 9.66. The molecular weight excluding hydrogens is 197 g/mol. The summed E-state index contributed by atoms with van der Waals surface area (Å²) in [6.45, 7) is 2.13. The lowest BCUT2D eigenvalue weighted by Crippen LogP contribution is -2.39. The first kappa shape index (κ1) is 11.0. The van der Waals surface area contributed by atoms with Crippen molar-refractivity contribution in [2.75, 3.05) is 7.11 Å². The first-order valence-electron chi connectivity index (χ1n) is 5.44. The molecule has 0 bridgehead atoms. The molecule has 2 nitrogen and oxygen atoms in total. The fourth-order valence-electron chi connectivity index (χ4n) is 1.79. The van der Waals surface area contributed by atoms with E-state index in [0.717, 1.165) is 34.6 Å². The highest BCUT2D eigenvalue weighted by atomic mass is 16.5. The minimum absolute atomic E-state index is 0.755. The molecule has 1 aliphatic rings. The van der Waals surface area contributed by atoms with Crippen molar-refractivity contribution in [1.29, 1.82) is 0 Å². The number of methoxy groups -OCH3 is 1. The number of nitrogens with zero attached hydrogens (tertiary/aromatic N) is 1. The molecule has 16 heavy (non-hydrogen) atoms. The Morgan fingerprint density at radius 3 is 2.94 bits per heavy atom. The lowest BCUT2D eigenvalue weighted by Gasteiger charge is -2.02. The Morgan fingerprint density at radius 2 is 2.25 bits per heavy atom. The standard InChI is InChI=1S/C13H14BNO/c1-3-9-4-5-10-11(14)6-7-12(16-2)13(10)15-8-9/h5-8H,3-4H2,1-2H3. The molecule has 0 amide bonds. The Balaban J connectivity index is 2.72. The van der Waals surface area contributed by atoms with E-state index < -0.39 is 0 Å². The van der Waals surface area contributed by atoms with Crippen LogP contribution >= 0.6 is 0 Å². The first-order chi connectivity index (χ1) is 7.76. The Labute approximate surface area is 96.8 Å². The maximum absolute atomic E-state index is 5.95. The number of hydrogen-bond donors (Lipinski definition) is 0. The highest BCUT2D eigenvalue weighted by molar-refractivity contribution is 6.32. The van der Waals surface area contributed by atoms with Gasteiger partial charge in [0, 0.05) is 6.20 Å². The van der Waals surface area contributed by atoms with Crippen LogP contribution in [0.5, 0.6) is 5.75 Å². The molecule has 0 fully saturated rings. The van der Waals surface area contributed by atoms with Crippen molar-refractivity contribution in [2.45, 2.75) is 19.8 Å². The molecule has 0 atom stereocenters. The molecule has 80 valence electrons. The summed E-state index contributed by atoms with van der Waals surface area (Å²) in [7, 11) is 7.60. The SMILES string of the molecule is [B]c1ccc(OC)c2c1=CCC(CC)=CN=2. The summed E-state index contributed by atoms with van der Waals surface area (Å²) in [5.41, 5.74) is 2.06. The highest BCUT2D eigenvalue weighted by Crippen LogP contribution is 2.09. The Kier molecular flexibility index (Phi) is 3.13. The molecule has 0 saturated carbocycles. The number of ether oxygens (including phenoxy) is 1. The van der Waals surface area contributed by atoms with Gasteiger partial charge in [0.15, 0.2) is 0 Å². The van der Waals surface area contributed by atoms with Crippen LogP contribution < -0.4 is 20.8 Å². The van der Waals surface area contributed by atoms with Crippen LogP contribution in [0.2, 0.25) is 0 Å². The third-order valence-corrected chi connectivity index (χ3v) is 2.83. The molecule has 3 heteroatoms. The van der Waals surface area contributed by atoms with Crippen LogP contribution in [-0.2, 0) is 0 Å². The average molecular weight is 211 g/mol. The van der Waals surface area contributed by atoms with Gasteiger partial charge in [0.25, 0.3) is 0 Å². The number of benzene rings is 1. The molecule has 0 spiro atoms. The maximum atomic E-state index is 5.95. The van der Waals surface area contributed by atoms with Crippen molar-refractivity contribution >= 4 is 19.4 Å². The van der Waals surface area contributed by atoms with E-state index in [1.54, 1.807) is 7.11 Å². The molecule has 0 aliphatic carbocycles. The van der Waals surface area contributed by atoms with Gasteiger partial charge in [-0.1, -0.05) is 24.5 Å². The van der Waals surface area contributed by atoms with Crippen molar-refractivity contribution in [1.82, 2.24) is 0 Å². The van der Waals surface area contributed by atoms with Gasteiger partial charge in [0.05, 0.1) is 7.11 Å². The summed E-state index contributed by atoms with van der Waals surface area (Å²) in [5, 5.41) is 1.82. The third kappa shape index (κ3) is 1.90. The molecule has 2 rings (SSSR count). The van der Waals surface area contributed by atoms with Crippen molar-refractivity contribution < 1.29 is 4.74 Å². The normalized spacial score (nSPS) is 14.0. The fraction of sp³-hybridized carbons (Fsp3) is 0.308. The van der Waals surface area contributed by atoms with Gasteiger partial charge < -0.3 is 4.74 Å². The van der Waals surface area contributed by atoms with Gasteiger partial charge in [-0.2, -0.15) is 0 Å². The third-order valence-electron chi connectivity index (χ3n) is 2.83. The second-order valence-electron chi connectivity index (χ2n) is 3.80. The van der Waals surface area contributed by atoms with Crippen LogP contribution in [0.1, 0.15) is 19.8 Å². The number of rotatable bonds is 2. The van der Waals surface area contributed by atoms with Gasteiger partial charge in [-0.3, -0.25) is 4.99 Å². The summed E-state index contributed by atoms with van der Waals surface area (Å²) in [4.78, 5) is 4.47. The van der Waals surface area contributed by atoms with Gasteiger partial charge in [-0.05, 0) is 29.7 Å². The van der Waals surface area contributed by atoms with Crippen LogP contribution in [0.4, 0.5) is 0 Å². The number of fused-ring (bicyclic) bond motifs is 1. The minimum atomic E-state index is 0.755. The molecule has 1 heterocycles.